The number of likely N-dealkylation sites (tertiary alicyclic amines) is 2. The Bertz CT molecular complexity index is 1020. The lowest BCUT2D eigenvalue weighted by molar-refractivity contribution is -0.125. The molecule has 2 amide bonds. The molecule has 188 valence electrons. The Hall–Kier alpha value is -2.67. The van der Waals surface area contributed by atoms with Gasteiger partial charge in [-0.2, -0.15) is 5.10 Å². The molecular formula is C28H39N5O2. The van der Waals surface area contributed by atoms with Gasteiger partial charge in [-0.3, -0.25) is 14.3 Å². The maximum absolute atomic E-state index is 13.1. The lowest BCUT2D eigenvalue weighted by atomic mass is 10.0. The van der Waals surface area contributed by atoms with Crippen molar-refractivity contribution in [2.24, 2.45) is 24.8 Å². The Morgan fingerprint density at radius 2 is 1.74 bits per heavy atom. The third-order valence-electron chi connectivity index (χ3n) is 8.34. The standard InChI is InChI=1S/C28H39N5O2/c1-3-24-15-26(31(2)30-24)28(35)33-18-22-16-32(17-23(22)19-33)14-13-25(20-9-5-4-6-10-20)29-27(34)21-11-7-8-12-21/h4-6,9-10,15,21-23,25H,3,7-8,11-14,16-19H2,1-2H3,(H,29,34)/t22?,23?,25-/m0/s1. The van der Waals surface area contributed by atoms with Crippen molar-refractivity contribution in [3.8, 4) is 0 Å². The van der Waals surface area contributed by atoms with Crippen molar-refractivity contribution in [3.05, 3.63) is 53.3 Å². The van der Waals surface area contributed by atoms with E-state index in [0.29, 0.717) is 17.5 Å². The second-order valence-electron chi connectivity index (χ2n) is 10.7. The smallest absolute Gasteiger partial charge is 0.272 e. The Balaban J connectivity index is 1.15. The van der Waals surface area contributed by atoms with Gasteiger partial charge in [0.1, 0.15) is 5.69 Å². The van der Waals surface area contributed by atoms with Crippen molar-refractivity contribution in [3.63, 3.8) is 0 Å². The van der Waals surface area contributed by atoms with E-state index in [9.17, 15) is 9.59 Å². The lowest BCUT2D eigenvalue weighted by Crippen LogP contribution is -2.37. The highest BCUT2D eigenvalue weighted by Crippen LogP contribution is 2.33. The molecule has 3 aliphatic rings. The first-order valence-corrected chi connectivity index (χ1v) is 13.4. The molecule has 5 rings (SSSR count). The monoisotopic (exact) mass is 477 g/mol. The molecule has 2 unspecified atom stereocenters. The number of benzene rings is 1. The maximum atomic E-state index is 13.1. The minimum absolute atomic E-state index is 0.0559. The predicted octanol–water partition coefficient (Wildman–Crippen LogP) is 3.42. The van der Waals surface area contributed by atoms with E-state index < -0.39 is 0 Å². The molecule has 7 nitrogen and oxygen atoms in total. The Kier molecular flexibility index (Phi) is 7.23. The van der Waals surface area contributed by atoms with E-state index in [0.717, 1.165) is 64.1 Å². The molecule has 0 radical (unpaired) electrons. The first-order valence-electron chi connectivity index (χ1n) is 13.4. The van der Waals surface area contributed by atoms with Crippen molar-refractivity contribution < 1.29 is 9.59 Å². The van der Waals surface area contributed by atoms with Gasteiger partial charge in [0.25, 0.3) is 5.91 Å². The summed E-state index contributed by atoms with van der Waals surface area (Å²) in [5.74, 6) is 1.58. The van der Waals surface area contributed by atoms with Crippen LogP contribution in [0.25, 0.3) is 0 Å². The zero-order valence-electron chi connectivity index (χ0n) is 21.2. The number of hydrogen-bond acceptors (Lipinski definition) is 4. The molecule has 1 aromatic heterocycles. The van der Waals surface area contributed by atoms with Crippen LogP contribution in [-0.4, -0.2) is 64.1 Å². The van der Waals surface area contributed by atoms with Gasteiger partial charge in [0, 0.05) is 45.7 Å². The van der Waals surface area contributed by atoms with Crippen LogP contribution in [-0.2, 0) is 18.3 Å². The van der Waals surface area contributed by atoms with E-state index in [1.54, 1.807) is 4.68 Å². The van der Waals surface area contributed by atoms with Gasteiger partial charge >= 0.3 is 0 Å². The summed E-state index contributed by atoms with van der Waals surface area (Å²) in [6, 6.07) is 12.4. The predicted molar refractivity (Wildman–Crippen MR) is 136 cm³/mol. The second-order valence-corrected chi connectivity index (χ2v) is 10.7. The average Bonchev–Trinajstić information content (AvgIpc) is 3.65. The first-order chi connectivity index (χ1) is 17.0. The third kappa shape index (κ3) is 5.30. The summed E-state index contributed by atoms with van der Waals surface area (Å²) in [6.07, 6.45) is 6.15. The zero-order valence-corrected chi connectivity index (χ0v) is 21.2. The first kappa shape index (κ1) is 24.0. The Labute approximate surface area is 208 Å². The van der Waals surface area contributed by atoms with Gasteiger partial charge in [-0.1, -0.05) is 50.1 Å². The molecule has 3 heterocycles. The van der Waals surface area contributed by atoms with E-state index in [-0.39, 0.29) is 23.8 Å². The van der Waals surface area contributed by atoms with Crippen LogP contribution in [0.2, 0.25) is 0 Å². The number of carbonyl (C=O) groups is 2. The number of aryl methyl sites for hydroxylation is 2. The number of amides is 2. The van der Waals surface area contributed by atoms with Gasteiger partial charge < -0.3 is 15.1 Å². The summed E-state index contributed by atoms with van der Waals surface area (Å²) in [5.41, 5.74) is 2.86. The molecule has 1 N–H and O–H groups in total. The molecule has 35 heavy (non-hydrogen) atoms. The Morgan fingerprint density at radius 3 is 2.37 bits per heavy atom. The number of aromatic nitrogens is 2. The van der Waals surface area contributed by atoms with Crippen LogP contribution in [0.5, 0.6) is 0 Å². The van der Waals surface area contributed by atoms with Gasteiger partial charge in [-0.15, -0.1) is 0 Å². The fourth-order valence-corrected chi connectivity index (χ4v) is 6.30. The number of carbonyl (C=O) groups excluding carboxylic acids is 2. The SMILES string of the molecule is CCc1cc(C(=O)N2CC3CN(CC[C@H](NC(=O)C4CCCC4)c4ccccc4)CC3C2)n(C)n1. The molecule has 2 saturated heterocycles. The molecule has 2 aliphatic heterocycles. The summed E-state index contributed by atoms with van der Waals surface area (Å²) >= 11 is 0. The molecule has 2 aromatic rings. The Morgan fingerprint density at radius 1 is 1.06 bits per heavy atom. The second kappa shape index (κ2) is 10.5. The van der Waals surface area contributed by atoms with Crippen LogP contribution in [0.1, 0.15) is 66.8 Å². The van der Waals surface area contributed by atoms with Crippen LogP contribution >= 0.6 is 0 Å². The molecule has 1 aliphatic carbocycles. The minimum atomic E-state index is 0.0559. The molecule has 3 fully saturated rings. The normalized spacial score (nSPS) is 23.5. The molecule has 1 aromatic carbocycles. The topological polar surface area (TPSA) is 70.5 Å². The van der Waals surface area contributed by atoms with Gasteiger partial charge in [0.2, 0.25) is 5.91 Å². The summed E-state index contributed by atoms with van der Waals surface area (Å²) in [6.45, 7) is 6.73. The number of hydrogen-bond donors (Lipinski definition) is 1. The van der Waals surface area contributed by atoms with Crippen molar-refractivity contribution in [2.45, 2.75) is 51.5 Å². The highest BCUT2D eigenvalue weighted by atomic mass is 16.2. The summed E-state index contributed by atoms with van der Waals surface area (Å²) in [7, 11) is 1.86. The van der Waals surface area contributed by atoms with Gasteiger partial charge in [0.05, 0.1) is 11.7 Å². The van der Waals surface area contributed by atoms with Crippen LogP contribution in [0, 0.1) is 17.8 Å². The van der Waals surface area contributed by atoms with Crippen molar-refractivity contribution in [2.75, 3.05) is 32.7 Å². The van der Waals surface area contributed by atoms with Gasteiger partial charge in [-0.25, -0.2) is 0 Å². The third-order valence-corrected chi connectivity index (χ3v) is 8.34. The molecule has 3 atom stereocenters. The molecule has 0 spiro atoms. The minimum Gasteiger partial charge on any atom is -0.349 e. The fraction of sp³-hybridized carbons (Fsp3) is 0.607. The molecular weight excluding hydrogens is 438 g/mol. The number of nitrogens with zero attached hydrogens (tertiary/aromatic N) is 4. The number of rotatable bonds is 8. The van der Waals surface area contributed by atoms with Crippen LogP contribution in [0.4, 0.5) is 0 Å². The summed E-state index contributed by atoms with van der Waals surface area (Å²) < 4.78 is 1.73. The van der Waals surface area contributed by atoms with Gasteiger partial charge in [0.15, 0.2) is 0 Å². The van der Waals surface area contributed by atoms with Crippen LogP contribution < -0.4 is 5.32 Å². The van der Waals surface area contributed by atoms with Crippen LogP contribution in [0.3, 0.4) is 0 Å². The van der Waals surface area contributed by atoms with E-state index in [1.165, 1.54) is 18.4 Å². The average molecular weight is 478 g/mol. The lowest BCUT2D eigenvalue weighted by Gasteiger charge is -2.25. The highest BCUT2D eigenvalue weighted by Gasteiger charge is 2.42. The molecule has 0 bridgehead atoms. The molecule has 1 saturated carbocycles. The van der Waals surface area contributed by atoms with E-state index in [2.05, 4.69) is 46.5 Å². The van der Waals surface area contributed by atoms with Crippen molar-refractivity contribution in [1.82, 2.24) is 24.9 Å². The van der Waals surface area contributed by atoms with Gasteiger partial charge in [-0.05, 0) is 49.1 Å². The highest BCUT2D eigenvalue weighted by molar-refractivity contribution is 5.93. The van der Waals surface area contributed by atoms with E-state index in [4.69, 9.17) is 0 Å². The number of fused-ring (bicyclic) bond motifs is 1. The quantitative estimate of drug-likeness (QED) is 0.633. The summed E-state index contributed by atoms with van der Waals surface area (Å²) in [4.78, 5) is 30.5. The van der Waals surface area contributed by atoms with E-state index >= 15 is 0 Å². The summed E-state index contributed by atoms with van der Waals surface area (Å²) in [5, 5.41) is 7.82. The maximum Gasteiger partial charge on any atom is 0.272 e. The van der Waals surface area contributed by atoms with Crippen LogP contribution in [0.15, 0.2) is 36.4 Å². The molecule has 7 heteroatoms. The zero-order chi connectivity index (χ0) is 24.4. The van der Waals surface area contributed by atoms with E-state index in [1.807, 2.05) is 24.1 Å². The fourth-order valence-electron chi connectivity index (χ4n) is 6.30. The largest absolute Gasteiger partial charge is 0.349 e. The van der Waals surface area contributed by atoms with Crippen molar-refractivity contribution >= 4 is 11.8 Å². The number of nitrogens with one attached hydrogen (secondary N) is 1. The van der Waals surface area contributed by atoms with Crippen molar-refractivity contribution in [1.29, 1.82) is 0 Å².